The molecule has 0 saturated carbocycles. The Balaban J connectivity index is 1.75. The molecule has 1 aromatic carbocycles. The van der Waals surface area contributed by atoms with Gasteiger partial charge in [-0.2, -0.15) is 0 Å². The molecule has 1 aliphatic heterocycles. The molecule has 7 heteroatoms. The van der Waals surface area contributed by atoms with Gasteiger partial charge in [-0.05, 0) is 51.3 Å². The lowest BCUT2D eigenvalue weighted by molar-refractivity contribution is -0.126. The largest absolute Gasteiger partial charge is 0.461 e. The number of fused-ring (bicyclic) bond motifs is 1. The van der Waals surface area contributed by atoms with E-state index in [4.69, 9.17) is 9.47 Å². The first-order valence-electron chi connectivity index (χ1n) is 9.31. The number of hydrogen-bond acceptors (Lipinski definition) is 5. The number of amides is 1. The van der Waals surface area contributed by atoms with Crippen LogP contribution in [0.15, 0.2) is 24.3 Å². The summed E-state index contributed by atoms with van der Waals surface area (Å²) >= 11 is 0. The monoisotopic (exact) mass is 384 g/mol. The summed E-state index contributed by atoms with van der Waals surface area (Å²) < 4.78 is 10.4. The summed E-state index contributed by atoms with van der Waals surface area (Å²) in [6.07, 6.45) is -0.167. The third-order valence-corrected chi connectivity index (χ3v) is 4.91. The van der Waals surface area contributed by atoms with Crippen molar-refractivity contribution in [2.24, 2.45) is 0 Å². The summed E-state index contributed by atoms with van der Waals surface area (Å²) in [5, 5.41) is 0. The SMILES string of the molecule is CCOC(=O)c1[nH]c(C)c(C(=O)O[C@@H](C)C(=O)N2CCc3ccccc32)c1C. The highest BCUT2D eigenvalue weighted by atomic mass is 16.5. The summed E-state index contributed by atoms with van der Waals surface area (Å²) in [5.74, 6) is -1.44. The molecular weight excluding hydrogens is 360 g/mol. The predicted molar refractivity (Wildman–Crippen MR) is 104 cm³/mol. The number of benzene rings is 1. The van der Waals surface area contributed by atoms with Gasteiger partial charge in [0.25, 0.3) is 5.91 Å². The van der Waals surface area contributed by atoms with Gasteiger partial charge in [-0.25, -0.2) is 9.59 Å². The summed E-state index contributed by atoms with van der Waals surface area (Å²) in [4.78, 5) is 42.0. The van der Waals surface area contributed by atoms with E-state index in [1.165, 1.54) is 0 Å². The summed E-state index contributed by atoms with van der Waals surface area (Å²) in [7, 11) is 0. The van der Waals surface area contributed by atoms with Gasteiger partial charge in [0.1, 0.15) is 5.69 Å². The Kier molecular flexibility index (Phi) is 5.53. The quantitative estimate of drug-likeness (QED) is 0.801. The number of carbonyl (C=O) groups is 3. The van der Waals surface area contributed by atoms with E-state index in [9.17, 15) is 14.4 Å². The van der Waals surface area contributed by atoms with Gasteiger partial charge in [0.2, 0.25) is 0 Å². The molecule has 0 fully saturated rings. The Morgan fingerprint density at radius 2 is 1.89 bits per heavy atom. The van der Waals surface area contributed by atoms with E-state index in [1.54, 1.807) is 32.6 Å². The van der Waals surface area contributed by atoms with Crippen molar-refractivity contribution in [2.45, 2.75) is 40.2 Å². The van der Waals surface area contributed by atoms with Gasteiger partial charge in [-0.1, -0.05) is 18.2 Å². The number of ether oxygens (including phenoxy) is 2. The topological polar surface area (TPSA) is 88.7 Å². The van der Waals surface area contributed by atoms with Gasteiger partial charge in [-0.15, -0.1) is 0 Å². The fourth-order valence-electron chi connectivity index (χ4n) is 3.52. The molecule has 0 unspecified atom stereocenters. The van der Waals surface area contributed by atoms with Crippen molar-refractivity contribution in [1.29, 1.82) is 0 Å². The van der Waals surface area contributed by atoms with E-state index < -0.39 is 18.0 Å². The van der Waals surface area contributed by atoms with Crippen LogP contribution in [-0.4, -0.2) is 42.1 Å². The van der Waals surface area contributed by atoms with E-state index in [-0.39, 0.29) is 23.8 Å². The van der Waals surface area contributed by atoms with E-state index >= 15 is 0 Å². The van der Waals surface area contributed by atoms with Crippen LogP contribution in [0.4, 0.5) is 5.69 Å². The van der Waals surface area contributed by atoms with Crippen LogP contribution in [0.1, 0.15) is 51.5 Å². The summed E-state index contributed by atoms with van der Waals surface area (Å²) in [6, 6.07) is 7.70. The van der Waals surface area contributed by atoms with Gasteiger partial charge in [-0.3, -0.25) is 4.79 Å². The lowest BCUT2D eigenvalue weighted by Crippen LogP contribution is -2.39. The van der Waals surface area contributed by atoms with Crippen molar-refractivity contribution in [3.8, 4) is 0 Å². The number of aromatic amines is 1. The molecule has 7 nitrogen and oxygen atoms in total. The molecule has 0 saturated heterocycles. The van der Waals surface area contributed by atoms with Crippen LogP contribution >= 0.6 is 0 Å². The molecule has 0 radical (unpaired) electrons. The molecule has 0 spiro atoms. The minimum Gasteiger partial charge on any atom is -0.461 e. The molecular formula is C21H24N2O5. The first-order chi connectivity index (χ1) is 13.3. The molecule has 3 rings (SSSR count). The van der Waals surface area contributed by atoms with E-state index in [0.29, 0.717) is 17.8 Å². The Morgan fingerprint density at radius 3 is 2.61 bits per heavy atom. The van der Waals surface area contributed by atoms with E-state index in [2.05, 4.69) is 4.98 Å². The van der Waals surface area contributed by atoms with Crippen LogP contribution in [0.3, 0.4) is 0 Å². The van der Waals surface area contributed by atoms with Gasteiger partial charge in [0.05, 0.1) is 12.2 Å². The normalized spacial score (nSPS) is 13.8. The lowest BCUT2D eigenvalue weighted by atomic mass is 10.1. The van der Waals surface area contributed by atoms with Crippen LogP contribution in [0.2, 0.25) is 0 Å². The second kappa shape index (κ2) is 7.88. The third kappa shape index (κ3) is 3.52. The first kappa shape index (κ1) is 19.7. The minimum absolute atomic E-state index is 0.221. The smallest absolute Gasteiger partial charge is 0.355 e. The highest BCUT2D eigenvalue weighted by Crippen LogP contribution is 2.28. The van der Waals surface area contributed by atoms with Gasteiger partial charge < -0.3 is 19.4 Å². The molecule has 0 bridgehead atoms. The molecule has 148 valence electrons. The van der Waals surface area contributed by atoms with Crippen molar-refractivity contribution >= 4 is 23.5 Å². The van der Waals surface area contributed by atoms with E-state index in [1.807, 2.05) is 24.3 Å². The maximum atomic E-state index is 12.8. The number of anilines is 1. The zero-order chi connectivity index (χ0) is 20.4. The average molecular weight is 384 g/mol. The van der Waals surface area contributed by atoms with Crippen LogP contribution in [0, 0.1) is 13.8 Å². The summed E-state index contributed by atoms with van der Waals surface area (Å²) in [5.41, 5.74) is 3.38. The number of aromatic nitrogens is 1. The first-order valence-corrected chi connectivity index (χ1v) is 9.31. The van der Waals surface area contributed by atoms with E-state index in [0.717, 1.165) is 17.7 Å². The molecule has 1 aliphatic rings. The van der Waals surface area contributed by atoms with Crippen LogP contribution < -0.4 is 4.90 Å². The second-order valence-electron chi connectivity index (χ2n) is 6.76. The zero-order valence-corrected chi connectivity index (χ0v) is 16.5. The third-order valence-electron chi connectivity index (χ3n) is 4.91. The Bertz CT molecular complexity index is 931. The summed E-state index contributed by atoms with van der Waals surface area (Å²) in [6.45, 7) is 7.39. The average Bonchev–Trinajstić information content (AvgIpc) is 3.22. The number of aryl methyl sites for hydroxylation is 1. The minimum atomic E-state index is -0.946. The van der Waals surface area contributed by atoms with Crippen molar-refractivity contribution in [3.05, 3.63) is 52.3 Å². The van der Waals surface area contributed by atoms with Gasteiger partial charge in [0.15, 0.2) is 6.10 Å². The predicted octanol–water partition coefficient (Wildman–Crippen LogP) is 2.94. The highest BCUT2D eigenvalue weighted by molar-refractivity contribution is 6.02. The van der Waals surface area contributed by atoms with Crippen LogP contribution in [0.25, 0.3) is 0 Å². The molecule has 1 atom stereocenters. The number of rotatable bonds is 5. The highest BCUT2D eigenvalue weighted by Gasteiger charge is 2.31. The number of H-pyrrole nitrogens is 1. The molecule has 28 heavy (non-hydrogen) atoms. The zero-order valence-electron chi connectivity index (χ0n) is 16.5. The number of esters is 2. The van der Waals surface area contributed by atoms with Crippen molar-refractivity contribution in [1.82, 2.24) is 4.98 Å². The Labute approximate surface area is 163 Å². The second-order valence-corrected chi connectivity index (χ2v) is 6.76. The number of hydrogen-bond donors (Lipinski definition) is 1. The van der Waals surface area contributed by atoms with Crippen molar-refractivity contribution in [2.75, 3.05) is 18.1 Å². The number of carbonyl (C=O) groups excluding carboxylic acids is 3. The molecule has 1 N–H and O–H groups in total. The molecule has 1 amide bonds. The maximum Gasteiger partial charge on any atom is 0.355 e. The number of nitrogens with zero attached hydrogens (tertiary/aromatic N) is 1. The standard InChI is InChI=1S/C21H24N2O5/c1-5-27-21(26)18-12(2)17(13(3)22-18)20(25)28-14(4)19(24)23-11-10-15-8-6-7-9-16(15)23/h6-9,14,22H,5,10-11H2,1-4H3/t14-/m0/s1. The maximum absolute atomic E-state index is 12.8. The van der Waals surface area contributed by atoms with Crippen LogP contribution in [-0.2, 0) is 20.7 Å². The van der Waals surface area contributed by atoms with Gasteiger partial charge >= 0.3 is 11.9 Å². The molecule has 2 heterocycles. The lowest BCUT2D eigenvalue weighted by Gasteiger charge is -2.21. The fourth-order valence-corrected chi connectivity index (χ4v) is 3.52. The number of nitrogens with one attached hydrogen (secondary N) is 1. The van der Waals surface area contributed by atoms with Crippen LogP contribution in [0.5, 0.6) is 0 Å². The van der Waals surface area contributed by atoms with Gasteiger partial charge in [0, 0.05) is 17.9 Å². The Hall–Kier alpha value is -3.09. The molecule has 2 aromatic rings. The molecule has 1 aromatic heterocycles. The number of para-hydroxylation sites is 1. The van der Waals surface area contributed by atoms with Crippen molar-refractivity contribution in [3.63, 3.8) is 0 Å². The Morgan fingerprint density at radius 1 is 1.18 bits per heavy atom. The molecule has 0 aliphatic carbocycles. The fraction of sp³-hybridized carbons (Fsp3) is 0.381. The van der Waals surface area contributed by atoms with Crippen molar-refractivity contribution < 1.29 is 23.9 Å².